The molecule has 0 aliphatic rings. The van der Waals surface area contributed by atoms with Crippen LogP contribution >= 0.6 is 0 Å². The quantitative estimate of drug-likeness (QED) is 0.569. The minimum Gasteiger partial charge on any atom is -0.482 e. The Bertz CT molecular complexity index is 447. The summed E-state index contributed by atoms with van der Waals surface area (Å²) in [7, 11) is 0. The third-order valence-corrected chi connectivity index (χ3v) is 1.85. The fourth-order valence-corrected chi connectivity index (χ4v) is 1.10. The van der Waals surface area contributed by atoms with Crippen LogP contribution in [-0.4, -0.2) is 18.5 Å². The summed E-state index contributed by atoms with van der Waals surface area (Å²) in [6, 6.07) is 6.11. The minimum atomic E-state index is -0.555. The van der Waals surface area contributed by atoms with Crippen molar-refractivity contribution in [2.75, 3.05) is 6.61 Å². The second kappa shape index (κ2) is 6.90. The van der Waals surface area contributed by atoms with Gasteiger partial charge in [0.15, 0.2) is 6.61 Å². The summed E-state index contributed by atoms with van der Waals surface area (Å²) in [5.41, 5.74) is 0.357. The highest BCUT2D eigenvalue weighted by Crippen LogP contribution is 2.13. The average molecular weight is 248 g/mol. The van der Waals surface area contributed by atoms with Crippen LogP contribution in [0, 0.1) is 0 Å². The van der Waals surface area contributed by atoms with Gasteiger partial charge in [0.2, 0.25) is 0 Å². The second-order valence-corrected chi connectivity index (χ2v) is 3.04. The Kier molecular flexibility index (Phi) is 5.18. The maximum atomic E-state index is 11.3. The summed E-state index contributed by atoms with van der Waals surface area (Å²) >= 11 is 0. The monoisotopic (exact) mass is 248 g/mol. The highest BCUT2D eigenvalue weighted by atomic mass is 16.6. The van der Waals surface area contributed by atoms with E-state index in [0.717, 1.165) is 12.5 Å². The SMILES string of the molecule is C=COC(=O)COc1ccc(C(=O)OC=C)cc1. The zero-order chi connectivity index (χ0) is 13.4. The fourth-order valence-electron chi connectivity index (χ4n) is 1.10. The van der Waals surface area contributed by atoms with Crippen molar-refractivity contribution in [2.24, 2.45) is 0 Å². The van der Waals surface area contributed by atoms with Crippen LogP contribution < -0.4 is 4.74 Å². The molecule has 0 amide bonds. The average Bonchev–Trinajstić information content (AvgIpc) is 2.37. The summed E-state index contributed by atoms with van der Waals surface area (Å²) in [5, 5.41) is 0. The molecule has 1 aromatic carbocycles. The minimum absolute atomic E-state index is 0.234. The first-order valence-electron chi connectivity index (χ1n) is 5.02. The van der Waals surface area contributed by atoms with E-state index in [1.807, 2.05) is 0 Å². The molecule has 0 heterocycles. The van der Waals surface area contributed by atoms with Gasteiger partial charge in [0.05, 0.1) is 18.1 Å². The molecular formula is C13H12O5. The van der Waals surface area contributed by atoms with Crippen LogP contribution in [-0.2, 0) is 14.3 Å². The van der Waals surface area contributed by atoms with E-state index in [-0.39, 0.29) is 6.61 Å². The molecule has 0 bridgehead atoms. The number of benzene rings is 1. The summed E-state index contributed by atoms with van der Waals surface area (Å²) in [5.74, 6) is -0.631. The highest BCUT2D eigenvalue weighted by molar-refractivity contribution is 5.89. The van der Waals surface area contributed by atoms with Gasteiger partial charge in [-0.25, -0.2) is 9.59 Å². The Balaban J connectivity index is 2.55. The zero-order valence-corrected chi connectivity index (χ0v) is 9.63. The zero-order valence-electron chi connectivity index (χ0n) is 9.63. The molecule has 0 radical (unpaired) electrons. The molecule has 18 heavy (non-hydrogen) atoms. The maximum Gasteiger partial charge on any atom is 0.348 e. The van der Waals surface area contributed by atoms with Gasteiger partial charge in [-0.05, 0) is 24.3 Å². The molecule has 0 spiro atoms. The van der Waals surface area contributed by atoms with Crippen LogP contribution in [0.4, 0.5) is 0 Å². The standard InChI is InChI=1S/C13H12O5/c1-3-16-12(14)9-18-11-7-5-10(6-8-11)13(15)17-4-2/h3-8H,1-2,9H2. The van der Waals surface area contributed by atoms with Crippen molar-refractivity contribution in [3.05, 3.63) is 55.5 Å². The van der Waals surface area contributed by atoms with Gasteiger partial charge in [-0.2, -0.15) is 0 Å². The molecule has 1 rings (SSSR count). The number of carbonyl (C=O) groups excluding carboxylic acids is 2. The van der Waals surface area contributed by atoms with Crippen LogP contribution in [0.5, 0.6) is 5.75 Å². The lowest BCUT2D eigenvalue weighted by molar-refractivity contribution is -0.140. The number of ether oxygens (including phenoxy) is 3. The third kappa shape index (κ3) is 4.13. The summed E-state index contributed by atoms with van der Waals surface area (Å²) < 4.78 is 14.2. The van der Waals surface area contributed by atoms with Crippen molar-refractivity contribution in [3.63, 3.8) is 0 Å². The van der Waals surface area contributed by atoms with E-state index in [1.165, 1.54) is 12.1 Å². The van der Waals surface area contributed by atoms with Crippen molar-refractivity contribution in [1.82, 2.24) is 0 Å². The van der Waals surface area contributed by atoms with Gasteiger partial charge in [-0.15, -0.1) is 0 Å². The van der Waals surface area contributed by atoms with Crippen LogP contribution in [0.2, 0.25) is 0 Å². The van der Waals surface area contributed by atoms with Gasteiger partial charge in [0.1, 0.15) is 5.75 Å². The molecule has 0 aromatic heterocycles. The van der Waals surface area contributed by atoms with E-state index in [2.05, 4.69) is 22.6 Å². The van der Waals surface area contributed by atoms with Crippen molar-refractivity contribution in [3.8, 4) is 5.75 Å². The molecule has 0 aliphatic carbocycles. The van der Waals surface area contributed by atoms with E-state index >= 15 is 0 Å². The van der Waals surface area contributed by atoms with Crippen molar-refractivity contribution in [2.45, 2.75) is 0 Å². The lowest BCUT2D eigenvalue weighted by Gasteiger charge is -2.05. The van der Waals surface area contributed by atoms with Crippen LogP contribution in [0.3, 0.4) is 0 Å². The number of rotatable bonds is 6. The van der Waals surface area contributed by atoms with E-state index < -0.39 is 11.9 Å². The van der Waals surface area contributed by atoms with Gasteiger partial charge in [-0.1, -0.05) is 13.2 Å². The Morgan fingerprint density at radius 2 is 1.67 bits per heavy atom. The van der Waals surface area contributed by atoms with Crippen molar-refractivity contribution >= 4 is 11.9 Å². The van der Waals surface area contributed by atoms with E-state index in [9.17, 15) is 9.59 Å². The first-order chi connectivity index (χ1) is 8.67. The normalized spacial score (nSPS) is 9.11. The number of esters is 2. The Morgan fingerprint density at radius 3 is 2.22 bits per heavy atom. The number of hydrogen-bond acceptors (Lipinski definition) is 5. The molecule has 0 atom stereocenters. The van der Waals surface area contributed by atoms with Gasteiger partial charge in [0.25, 0.3) is 0 Å². The molecule has 0 aliphatic heterocycles. The Morgan fingerprint density at radius 1 is 1.06 bits per heavy atom. The van der Waals surface area contributed by atoms with Crippen LogP contribution in [0.1, 0.15) is 10.4 Å². The topological polar surface area (TPSA) is 61.8 Å². The summed E-state index contributed by atoms with van der Waals surface area (Å²) in [4.78, 5) is 22.3. The Hall–Kier alpha value is -2.56. The molecule has 0 unspecified atom stereocenters. The van der Waals surface area contributed by atoms with Gasteiger partial charge < -0.3 is 14.2 Å². The lowest BCUT2D eigenvalue weighted by atomic mass is 10.2. The fraction of sp³-hybridized carbons (Fsp3) is 0.0769. The molecular weight excluding hydrogens is 236 g/mol. The smallest absolute Gasteiger partial charge is 0.348 e. The van der Waals surface area contributed by atoms with E-state index in [1.54, 1.807) is 12.1 Å². The van der Waals surface area contributed by atoms with Gasteiger partial charge in [-0.3, -0.25) is 0 Å². The molecule has 0 saturated carbocycles. The van der Waals surface area contributed by atoms with E-state index in [0.29, 0.717) is 11.3 Å². The van der Waals surface area contributed by atoms with Crippen molar-refractivity contribution < 1.29 is 23.8 Å². The first kappa shape index (κ1) is 13.5. The van der Waals surface area contributed by atoms with Crippen LogP contribution in [0.25, 0.3) is 0 Å². The largest absolute Gasteiger partial charge is 0.482 e. The molecule has 1 aromatic rings. The second-order valence-electron chi connectivity index (χ2n) is 3.04. The van der Waals surface area contributed by atoms with Gasteiger partial charge >= 0.3 is 11.9 Å². The van der Waals surface area contributed by atoms with Crippen LogP contribution in [0.15, 0.2) is 49.9 Å². The molecule has 0 saturated heterocycles. The number of hydrogen-bond donors (Lipinski definition) is 0. The highest BCUT2D eigenvalue weighted by Gasteiger charge is 2.06. The third-order valence-electron chi connectivity index (χ3n) is 1.85. The molecule has 5 heteroatoms. The maximum absolute atomic E-state index is 11.3. The van der Waals surface area contributed by atoms with Crippen molar-refractivity contribution in [1.29, 1.82) is 0 Å². The predicted octanol–water partition coefficient (Wildman–Crippen LogP) is 2.05. The molecule has 5 nitrogen and oxygen atoms in total. The summed E-state index contributed by atoms with van der Waals surface area (Å²) in [6.07, 6.45) is 2.08. The molecule has 0 N–H and O–H groups in total. The molecule has 94 valence electrons. The Labute approximate surface area is 104 Å². The lowest BCUT2D eigenvalue weighted by Crippen LogP contribution is -2.12. The van der Waals surface area contributed by atoms with E-state index in [4.69, 9.17) is 4.74 Å². The predicted molar refractivity (Wildman–Crippen MR) is 63.8 cm³/mol. The number of carbonyl (C=O) groups is 2. The first-order valence-corrected chi connectivity index (χ1v) is 5.02. The molecule has 0 fully saturated rings. The van der Waals surface area contributed by atoms with Gasteiger partial charge in [0, 0.05) is 0 Å². The summed E-state index contributed by atoms with van der Waals surface area (Å²) in [6.45, 7) is 6.30.